The van der Waals surface area contributed by atoms with E-state index in [0.29, 0.717) is 0 Å². The van der Waals surface area contributed by atoms with Gasteiger partial charge in [0.25, 0.3) is 6.43 Å². The summed E-state index contributed by atoms with van der Waals surface area (Å²) in [5.41, 5.74) is 0.854. The zero-order valence-electron chi connectivity index (χ0n) is 9.38. The first-order chi connectivity index (χ1) is 7.74. The second-order valence-electron chi connectivity index (χ2n) is 3.40. The lowest BCUT2D eigenvalue weighted by Gasteiger charge is -2.07. The molecular weight excluding hydrogens is 228 g/mol. The molecule has 0 aliphatic carbocycles. The first kappa shape index (κ1) is 13.3. The molecule has 0 radical (unpaired) electrons. The highest BCUT2D eigenvalue weighted by Crippen LogP contribution is 2.21. The molecule has 1 aromatic rings. The van der Waals surface area contributed by atoms with E-state index in [4.69, 9.17) is 0 Å². The first-order valence-corrected chi connectivity index (χ1v) is 6.59. The number of halogens is 2. The molecule has 0 fully saturated rings. The highest BCUT2D eigenvalue weighted by Gasteiger charge is 2.06. The average molecular weight is 245 g/mol. The molecule has 0 aliphatic heterocycles. The molecule has 0 saturated carbocycles. The van der Waals surface area contributed by atoms with Crippen molar-refractivity contribution in [1.29, 1.82) is 0 Å². The normalized spacial score (nSPS) is 10.8. The van der Waals surface area contributed by atoms with Gasteiger partial charge in [-0.1, -0.05) is 19.1 Å². The van der Waals surface area contributed by atoms with E-state index in [0.717, 1.165) is 30.2 Å². The largest absolute Gasteiger partial charge is 0.385 e. The number of thioether (sulfide) groups is 1. The molecule has 0 atom stereocenters. The molecule has 16 heavy (non-hydrogen) atoms. The molecule has 0 amide bonds. The number of alkyl halides is 2. The van der Waals surface area contributed by atoms with Crippen LogP contribution < -0.4 is 5.32 Å². The van der Waals surface area contributed by atoms with E-state index >= 15 is 0 Å². The Bertz CT molecular complexity index is 305. The fourth-order valence-corrected chi connectivity index (χ4v) is 1.97. The smallest absolute Gasteiger partial charge is 0.263 e. The predicted molar refractivity (Wildman–Crippen MR) is 67.5 cm³/mol. The fraction of sp³-hybridized carbons (Fsp3) is 0.500. The summed E-state index contributed by atoms with van der Waals surface area (Å²) in [6.45, 7) is 2.96. The summed E-state index contributed by atoms with van der Waals surface area (Å²) >= 11 is 1.89. The number of rotatable bonds is 7. The van der Waals surface area contributed by atoms with E-state index in [1.165, 1.54) is 12.1 Å². The van der Waals surface area contributed by atoms with Gasteiger partial charge in [0, 0.05) is 17.8 Å². The van der Waals surface area contributed by atoms with Crippen molar-refractivity contribution in [3.63, 3.8) is 0 Å². The second-order valence-corrected chi connectivity index (χ2v) is 4.80. The minimum absolute atomic E-state index is 0.0768. The van der Waals surface area contributed by atoms with Crippen LogP contribution in [0.5, 0.6) is 0 Å². The van der Waals surface area contributed by atoms with Crippen LogP contribution in [0.1, 0.15) is 25.3 Å². The summed E-state index contributed by atoms with van der Waals surface area (Å²) < 4.78 is 24.8. The summed E-state index contributed by atoms with van der Waals surface area (Å²) in [6, 6.07) is 6.43. The molecule has 1 nitrogen and oxygen atoms in total. The maximum absolute atomic E-state index is 12.4. The quantitative estimate of drug-likeness (QED) is 0.723. The molecule has 0 heterocycles. The molecule has 0 unspecified atom stereocenters. The summed E-state index contributed by atoms with van der Waals surface area (Å²) in [4.78, 5) is 0. The SMILES string of the molecule is CCSCCCNc1cccc(C(F)F)c1. The molecule has 0 aromatic heterocycles. The van der Waals surface area contributed by atoms with Crippen LogP contribution in [-0.2, 0) is 0 Å². The van der Waals surface area contributed by atoms with Gasteiger partial charge in [0.1, 0.15) is 0 Å². The molecule has 0 saturated heterocycles. The molecule has 90 valence electrons. The Hall–Kier alpha value is -0.770. The minimum Gasteiger partial charge on any atom is -0.385 e. The zero-order chi connectivity index (χ0) is 11.8. The van der Waals surface area contributed by atoms with Crippen molar-refractivity contribution in [3.8, 4) is 0 Å². The van der Waals surface area contributed by atoms with E-state index in [-0.39, 0.29) is 5.56 Å². The van der Waals surface area contributed by atoms with Crippen molar-refractivity contribution in [3.05, 3.63) is 29.8 Å². The summed E-state index contributed by atoms with van der Waals surface area (Å²) in [5, 5.41) is 3.15. The van der Waals surface area contributed by atoms with Gasteiger partial charge in [0.05, 0.1) is 0 Å². The van der Waals surface area contributed by atoms with E-state index in [2.05, 4.69) is 12.2 Å². The third-order valence-electron chi connectivity index (χ3n) is 2.14. The van der Waals surface area contributed by atoms with Crippen LogP contribution in [0.15, 0.2) is 24.3 Å². The maximum atomic E-state index is 12.4. The molecule has 4 heteroatoms. The minimum atomic E-state index is -2.39. The highest BCUT2D eigenvalue weighted by molar-refractivity contribution is 7.99. The average Bonchev–Trinajstić information content (AvgIpc) is 2.29. The maximum Gasteiger partial charge on any atom is 0.263 e. The summed E-state index contributed by atoms with van der Waals surface area (Å²) in [6.07, 6.45) is -1.34. The molecule has 0 aliphatic rings. The highest BCUT2D eigenvalue weighted by atomic mass is 32.2. The second kappa shape index (κ2) is 7.49. The number of hydrogen-bond donors (Lipinski definition) is 1. The van der Waals surface area contributed by atoms with Crippen LogP contribution in [0.3, 0.4) is 0 Å². The standard InChI is InChI=1S/C12H17F2NS/c1-2-16-8-4-7-15-11-6-3-5-10(9-11)12(13)14/h3,5-6,9,12,15H,2,4,7-8H2,1H3. The Balaban J connectivity index is 2.33. The van der Waals surface area contributed by atoms with Gasteiger partial charge in [-0.25, -0.2) is 8.78 Å². The lowest BCUT2D eigenvalue weighted by atomic mass is 10.2. The molecule has 0 bridgehead atoms. The fourth-order valence-electron chi connectivity index (χ4n) is 1.34. The van der Waals surface area contributed by atoms with Gasteiger partial charge < -0.3 is 5.32 Å². The lowest BCUT2D eigenvalue weighted by molar-refractivity contribution is 0.151. The van der Waals surface area contributed by atoms with Crippen molar-refractivity contribution < 1.29 is 8.78 Å². The van der Waals surface area contributed by atoms with E-state index in [1.807, 2.05) is 17.8 Å². The lowest BCUT2D eigenvalue weighted by Crippen LogP contribution is -2.03. The Labute approximate surface area is 99.6 Å². The number of anilines is 1. The van der Waals surface area contributed by atoms with Crippen molar-refractivity contribution in [2.75, 3.05) is 23.4 Å². The van der Waals surface area contributed by atoms with Gasteiger partial charge in [0.2, 0.25) is 0 Å². The summed E-state index contributed by atoms with van der Waals surface area (Å²) in [7, 11) is 0. The molecule has 1 N–H and O–H groups in total. The Morgan fingerprint density at radius 3 is 2.88 bits per heavy atom. The van der Waals surface area contributed by atoms with Crippen LogP contribution in [0.2, 0.25) is 0 Å². The molecular formula is C12H17F2NS. The molecule has 1 rings (SSSR count). The van der Waals surface area contributed by atoms with Gasteiger partial charge in [-0.2, -0.15) is 11.8 Å². The van der Waals surface area contributed by atoms with Crippen LogP contribution in [0.4, 0.5) is 14.5 Å². The number of hydrogen-bond acceptors (Lipinski definition) is 2. The zero-order valence-corrected chi connectivity index (χ0v) is 10.2. The Morgan fingerprint density at radius 1 is 1.38 bits per heavy atom. The first-order valence-electron chi connectivity index (χ1n) is 5.43. The van der Waals surface area contributed by atoms with Crippen LogP contribution in [0, 0.1) is 0 Å². The van der Waals surface area contributed by atoms with Gasteiger partial charge in [-0.05, 0) is 30.1 Å². The van der Waals surface area contributed by atoms with Gasteiger partial charge in [-0.3, -0.25) is 0 Å². The van der Waals surface area contributed by atoms with Crippen LogP contribution in [-0.4, -0.2) is 18.1 Å². The third-order valence-corrected chi connectivity index (χ3v) is 3.12. The van der Waals surface area contributed by atoms with Crippen molar-refractivity contribution >= 4 is 17.4 Å². The molecule has 1 aromatic carbocycles. The van der Waals surface area contributed by atoms with Crippen molar-refractivity contribution in [2.24, 2.45) is 0 Å². The van der Waals surface area contributed by atoms with Crippen molar-refractivity contribution in [2.45, 2.75) is 19.8 Å². The monoisotopic (exact) mass is 245 g/mol. The third kappa shape index (κ3) is 4.84. The van der Waals surface area contributed by atoms with E-state index < -0.39 is 6.43 Å². The van der Waals surface area contributed by atoms with E-state index in [1.54, 1.807) is 6.07 Å². The predicted octanol–water partition coefficient (Wildman–Crippen LogP) is 4.18. The number of benzene rings is 1. The van der Waals surface area contributed by atoms with Crippen molar-refractivity contribution in [1.82, 2.24) is 0 Å². The summed E-state index contributed by atoms with van der Waals surface area (Å²) in [5.74, 6) is 2.24. The Morgan fingerprint density at radius 2 is 2.19 bits per heavy atom. The topological polar surface area (TPSA) is 12.0 Å². The van der Waals surface area contributed by atoms with Crippen LogP contribution >= 0.6 is 11.8 Å². The molecule has 0 spiro atoms. The van der Waals surface area contributed by atoms with Gasteiger partial charge in [-0.15, -0.1) is 0 Å². The van der Waals surface area contributed by atoms with Gasteiger partial charge in [0.15, 0.2) is 0 Å². The Kier molecular flexibility index (Phi) is 6.23. The van der Waals surface area contributed by atoms with Crippen LogP contribution in [0.25, 0.3) is 0 Å². The van der Waals surface area contributed by atoms with Gasteiger partial charge >= 0.3 is 0 Å². The van der Waals surface area contributed by atoms with E-state index in [9.17, 15) is 8.78 Å². The number of nitrogens with one attached hydrogen (secondary N) is 1.